The summed E-state index contributed by atoms with van der Waals surface area (Å²) in [5.41, 5.74) is 0. The van der Waals surface area contributed by atoms with Crippen LogP contribution < -0.4 is 16.0 Å². The summed E-state index contributed by atoms with van der Waals surface area (Å²) in [5, 5.41) is 9.56. The number of hydrogen-bond donors (Lipinski definition) is 3. The molecule has 2 rings (SSSR count). The fraction of sp³-hybridized carbons (Fsp3) is 0.889. The van der Waals surface area contributed by atoms with Crippen LogP contribution in [0.15, 0.2) is 4.99 Å². The monoisotopic (exact) mass is 391 g/mol. The van der Waals surface area contributed by atoms with Gasteiger partial charge in [-0.3, -0.25) is 14.7 Å². The molecule has 3 N–H and O–H groups in total. The lowest BCUT2D eigenvalue weighted by molar-refractivity contribution is -0.142. The summed E-state index contributed by atoms with van der Waals surface area (Å²) in [4.78, 5) is 17.9. The summed E-state index contributed by atoms with van der Waals surface area (Å²) in [6.45, 7) is 2.18. The predicted molar refractivity (Wildman–Crippen MR) is 99.6 cm³/mol. The van der Waals surface area contributed by atoms with Crippen molar-refractivity contribution in [2.75, 3.05) is 33.2 Å². The summed E-state index contributed by atoms with van der Waals surface area (Å²) >= 11 is 0. The van der Waals surface area contributed by atoms with Gasteiger partial charge in [-0.05, 0) is 46.1 Å². The Labute approximate surface area is 159 Å². The van der Waals surface area contributed by atoms with Gasteiger partial charge in [-0.25, -0.2) is 0 Å². The molecule has 156 valence electrons. The average molecular weight is 391 g/mol. The molecule has 2 unspecified atom stereocenters. The number of nitrogens with zero attached hydrogens (tertiary/aromatic N) is 2. The molecule has 0 aromatic rings. The van der Waals surface area contributed by atoms with Gasteiger partial charge in [0.15, 0.2) is 5.96 Å². The molecule has 2 aliphatic carbocycles. The lowest BCUT2D eigenvalue weighted by Gasteiger charge is -2.30. The van der Waals surface area contributed by atoms with Gasteiger partial charge in [-0.15, -0.1) is 0 Å². The molecule has 0 radical (unpaired) electrons. The highest BCUT2D eigenvalue weighted by molar-refractivity contribution is 5.81. The molecular weight excluding hydrogens is 359 g/mol. The van der Waals surface area contributed by atoms with Gasteiger partial charge in [0, 0.05) is 31.1 Å². The number of hydrogen-bond acceptors (Lipinski definition) is 3. The fourth-order valence-corrected chi connectivity index (χ4v) is 3.34. The molecule has 0 heterocycles. The third-order valence-corrected chi connectivity index (χ3v) is 4.85. The summed E-state index contributed by atoms with van der Waals surface area (Å²) < 4.78 is 37.1. The molecule has 0 spiro atoms. The highest BCUT2D eigenvalue weighted by Gasteiger charge is 2.31. The van der Waals surface area contributed by atoms with Gasteiger partial charge in [0.25, 0.3) is 0 Å². The Bertz CT molecular complexity index is 508. The van der Waals surface area contributed by atoms with Crippen LogP contribution in [0.1, 0.15) is 45.4 Å². The van der Waals surface area contributed by atoms with Crippen molar-refractivity contribution in [2.45, 2.75) is 63.7 Å². The van der Waals surface area contributed by atoms with E-state index >= 15 is 0 Å². The molecule has 1 amide bonds. The molecule has 0 aromatic carbocycles. The van der Waals surface area contributed by atoms with Crippen LogP contribution in [0.25, 0.3) is 0 Å². The number of amides is 1. The number of nitrogens with one attached hydrogen (secondary N) is 3. The van der Waals surface area contributed by atoms with Crippen LogP contribution in [0.3, 0.4) is 0 Å². The Morgan fingerprint density at radius 3 is 2.52 bits per heavy atom. The Hall–Kier alpha value is -1.51. The number of alkyl halides is 3. The van der Waals surface area contributed by atoms with Gasteiger partial charge in [0.2, 0.25) is 5.91 Å². The molecular formula is C18H32F3N5O. The Morgan fingerprint density at radius 2 is 1.89 bits per heavy atom. The van der Waals surface area contributed by atoms with Crippen molar-refractivity contribution in [1.29, 1.82) is 0 Å². The third kappa shape index (κ3) is 8.81. The van der Waals surface area contributed by atoms with Crippen LogP contribution in [0, 0.1) is 5.92 Å². The van der Waals surface area contributed by atoms with Crippen molar-refractivity contribution in [3.63, 3.8) is 0 Å². The second-order valence-corrected chi connectivity index (χ2v) is 7.60. The van der Waals surface area contributed by atoms with Gasteiger partial charge < -0.3 is 16.0 Å². The zero-order valence-corrected chi connectivity index (χ0v) is 16.2. The van der Waals surface area contributed by atoms with E-state index in [9.17, 15) is 18.0 Å². The highest BCUT2D eigenvalue weighted by atomic mass is 19.4. The summed E-state index contributed by atoms with van der Waals surface area (Å²) in [7, 11) is 1.44. The van der Waals surface area contributed by atoms with Crippen molar-refractivity contribution in [3.8, 4) is 0 Å². The van der Waals surface area contributed by atoms with E-state index in [1.54, 1.807) is 0 Å². The van der Waals surface area contributed by atoms with Crippen LogP contribution in [-0.4, -0.2) is 68.3 Å². The largest absolute Gasteiger partial charge is 0.401 e. The number of aliphatic imine (C=N–C) groups is 1. The Balaban J connectivity index is 1.79. The quantitative estimate of drug-likeness (QED) is 0.437. The topological polar surface area (TPSA) is 68.8 Å². The lowest BCUT2D eigenvalue weighted by atomic mass is 9.85. The number of carbonyl (C=O) groups is 1. The molecule has 0 aromatic heterocycles. The molecule has 2 aliphatic rings. The smallest absolute Gasteiger partial charge is 0.357 e. The summed E-state index contributed by atoms with van der Waals surface area (Å²) in [6, 6.07) is 0.526. The lowest BCUT2D eigenvalue weighted by Crippen LogP contribution is -2.47. The highest BCUT2D eigenvalue weighted by Crippen LogP contribution is 2.26. The van der Waals surface area contributed by atoms with Crippen LogP contribution in [0.2, 0.25) is 0 Å². The standard InChI is InChI=1S/C18H32F3N5O/c1-3-22-17(23-9-10-26(2)12-18(19,20)21)25-15-6-4-5-13(11-15)16(27)24-14-7-8-14/h13-15H,3-12H2,1-2H3,(H,24,27)(H2,22,23,25). The van der Waals surface area contributed by atoms with E-state index in [1.165, 1.54) is 11.9 Å². The normalized spacial score (nSPS) is 24.0. The molecule has 0 bridgehead atoms. The predicted octanol–water partition coefficient (Wildman–Crippen LogP) is 1.87. The molecule has 2 atom stereocenters. The van der Waals surface area contributed by atoms with E-state index in [4.69, 9.17) is 0 Å². The molecule has 6 nitrogen and oxygen atoms in total. The number of carbonyl (C=O) groups excluding carboxylic acids is 1. The first-order valence-corrected chi connectivity index (χ1v) is 9.87. The van der Waals surface area contributed by atoms with E-state index in [1.807, 2.05) is 6.92 Å². The molecule has 2 saturated carbocycles. The van der Waals surface area contributed by atoms with Gasteiger partial charge >= 0.3 is 6.18 Å². The first-order chi connectivity index (χ1) is 12.8. The number of halogens is 3. The first kappa shape index (κ1) is 21.8. The maximum Gasteiger partial charge on any atom is 0.401 e. The van der Waals surface area contributed by atoms with Crippen LogP contribution in [0.4, 0.5) is 13.2 Å². The van der Waals surface area contributed by atoms with Gasteiger partial charge in [0.05, 0.1) is 13.1 Å². The van der Waals surface area contributed by atoms with E-state index in [-0.39, 0.29) is 31.0 Å². The van der Waals surface area contributed by atoms with Gasteiger partial charge in [-0.1, -0.05) is 6.42 Å². The number of likely N-dealkylation sites (N-methyl/N-ethyl adjacent to an activating group) is 1. The molecule has 9 heteroatoms. The fourth-order valence-electron chi connectivity index (χ4n) is 3.34. The zero-order chi connectivity index (χ0) is 19.9. The molecule has 0 saturated heterocycles. The van der Waals surface area contributed by atoms with Crippen LogP contribution in [-0.2, 0) is 4.79 Å². The SMILES string of the molecule is CCNC(=NCCN(C)CC(F)(F)F)NC1CCCC(C(=O)NC2CC2)C1. The van der Waals surface area contributed by atoms with Crippen LogP contribution in [0.5, 0.6) is 0 Å². The minimum absolute atomic E-state index is 0.0256. The zero-order valence-electron chi connectivity index (χ0n) is 16.2. The van der Waals surface area contributed by atoms with Crippen molar-refractivity contribution in [3.05, 3.63) is 0 Å². The minimum Gasteiger partial charge on any atom is -0.357 e. The minimum atomic E-state index is -4.20. The average Bonchev–Trinajstić information content (AvgIpc) is 3.37. The maximum atomic E-state index is 12.4. The van der Waals surface area contributed by atoms with E-state index in [2.05, 4.69) is 20.9 Å². The van der Waals surface area contributed by atoms with E-state index < -0.39 is 12.7 Å². The van der Waals surface area contributed by atoms with Crippen molar-refractivity contribution >= 4 is 11.9 Å². The van der Waals surface area contributed by atoms with E-state index in [0.717, 1.165) is 38.5 Å². The Kier molecular flexibility index (Phi) is 8.19. The number of guanidine groups is 1. The maximum absolute atomic E-state index is 12.4. The molecule has 0 aliphatic heterocycles. The van der Waals surface area contributed by atoms with Gasteiger partial charge in [-0.2, -0.15) is 13.2 Å². The second-order valence-electron chi connectivity index (χ2n) is 7.60. The third-order valence-electron chi connectivity index (χ3n) is 4.85. The van der Waals surface area contributed by atoms with Gasteiger partial charge in [0.1, 0.15) is 0 Å². The van der Waals surface area contributed by atoms with Crippen molar-refractivity contribution < 1.29 is 18.0 Å². The first-order valence-electron chi connectivity index (χ1n) is 9.87. The van der Waals surface area contributed by atoms with Crippen molar-refractivity contribution in [2.24, 2.45) is 10.9 Å². The summed E-state index contributed by atoms with van der Waals surface area (Å²) in [5.74, 6) is 0.781. The van der Waals surface area contributed by atoms with Crippen LogP contribution >= 0.6 is 0 Å². The van der Waals surface area contributed by atoms with Crippen molar-refractivity contribution in [1.82, 2.24) is 20.9 Å². The molecule has 27 heavy (non-hydrogen) atoms. The number of rotatable bonds is 8. The summed E-state index contributed by atoms with van der Waals surface area (Å²) in [6.07, 6.45) is 1.59. The van der Waals surface area contributed by atoms with E-state index in [0.29, 0.717) is 18.5 Å². The second kappa shape index (κ2) is 10.1. The Morgan fingerprint density at radius 1 is 1.15 bits per heavy atom. The molecule has 2 fully saturated rings.